The molecule has 6 nitrogen and oxygen atoms in total. The molecule has 7 heteroatoms. The van der Waals surface area contributed by atoms with Crippen molar-refractivity contribution in [1.29, 1.82) is 0 Å². The number of hydrogen-bond donors (Lipinski definition) is 2. The van der Waals surface area contributed by atoms with Crippen LogP contribution in [0.1, 0.15) is 13.3 Å². The van der Waals surface area contributed by atoms with Crippen molar-refractivity contribution in [1.82, 2.24) is 5.32 Å². The van der Waals surface area contributed by atoms with Crippen molar-refractivity contribution < 1.29 is 9.72 Å². The highest BCUT2D eigenvalue weighted by molar-refractivity contribution is 14.1. The molecule has 1 aromatic rings. The second-order valence-electron chi connectivity index (χ2n) is 3.63. The van der Waals surface area contributed by atoms with E-state index in [0.29, 0.717) is 15.8 Å². The SMILES string of the molecule is CCCNC(=O)CNc1ccc([N+](=O)[O-])c(I)c1. The molecule has 0 spiro atoms. The third kappa shape index (κ3) is 4.47. The van der Waals surface area contributed by atoms with E-state index in [1.54, 1.807) is 12.1 Å². The van der Waals surface area contributed by atoms with E-state index in [4.69, 9.17) is 0 Å². The van der Waals surface area contributed by atoms with Crippen LogP contribution < -0.4 is 10.6 Å². The molecule has 1 amide bonds. The molecule has 98 valence electrons. The summed E-state index contributed by atoms with van der Waals surface area (Å²) in [5.74, 6) is -0.0924. The Kier molecular flexibility index (Phi) is 5.83. The number of anilines is 1. The lowest BCUT2D eigenvalue weighted by Crippen LogP contribution is -2.30. The van der Waals surface area contributed by atoms with Gasteiger partial charge in [-0.1, -0.05) is 6.92 Å². The molecule has 0 unspecified atom stereocenters. The summed E-state index contributed by atoms with van der Waals surface area (Å²) in [4.78, 5) is 21.6. The average Bonchev–Trinajstić information content (AvgIpc) is 2.33. The van der Waals surface area contributed by atoms with Gasteiger partial charge in [0.25, 0.3) is 5.69 Å². The molecule has 0 atom stereocenters. The van der Waals surface area contributed by atoms with E-state index < -0.39 is 4.92 Å². The number of carbonyl (C=O) groups excluding carboxylic acids is 1. The predicted molar refractivity (Wildman–Crippen MR) is 77.6 cm³/mol. The molecular weight excluding hydrogens is 349 g/mol. The van der Waals surface area contributed by atoms with E-state index in [0.717, 1.165) is 6.42 Å². The first kappa shape index (κ1) is 14.7. The van der Waals surface area contributed by atoms with Gasteiger partial charge < -0.3 is 10.6 Å². The second-order valence-corrected chi connectivity index (χ2v) is 4.79. The summed E-state index contributed by atoms with van der Waals surface area (Å²) >= 11 is 1.90. The number of rotatable bonds is 6. The van der Waals surface area contributed by atoms with E-state index in [2.05, 4.69) is 10.6 Å². The fourth-order valence-electron chi connectivity index (χ4n) is 1.27. The van der Waals surface area contributed by atoms with E-state index in [-0.39, 0.29) is 18.1 Å². The maximum atomic E-state index is 11.4. The normalized spacial score (nSPS) is 9.89. The zero-order valence-corrected chi connectivity index (χ0v) is 12.1. The molecule has 0 saturated carbocycles. The van der Waals surface area contributed by atoms with Crippen molar-refractivity contribution in [3.8, 4) is 0 Å². The van der Waals surface area contributed by atoms with Crippen LogP contribution in [0.4, 0.5) is 11.4 Å². The predicted octanol–water partition coefficient (Wildman–Crippen LogP) is 2.14. The van der Waals surface area contributed by atoms with Crippen molar-refractivity contribution in [2.45, 2.75) is 13.3 Å². The van der Waals surface area contributed by atoms with Crippen LogP contribution >= 0.6 is 22.6 Å². The fraction of sp³-hybridized carbons (Fsp3) is 0.364. The molecule has 1 aromatic carbocycles. The monoisotopic (exact) mass is 363 g/mol. The molecule has 0 saturated heterocycles. The van der Waals surface area contributed by atoms with Crippen LogP contribution in [-0.4, -0.2) is 23.9 Å². The number of halogens is 1. The van der Waals surface area contributed by atoms with Crippen LogP contribution in [0.15, 0.2) is 18.2 Å². The van der Waals surface area contributed by atoms with Gasteiger partial charge in [-0.3, -0.25) is 14.9 Å². The number of hydrogen-bond acceptors (Lipinski definition) is 4. The highest BCUT2D eigenvalue weighted by Crippen LogP contribution is 2.23. The first-order valence-electron chi connectivity index (χ1n) is 5.49. The third-order valence-corrected chi connectivity index (χ3v) is 3.03. The van der Waals surface area contributed by atoms with Gasteiger partial charge in [-0.05, 0) is 41.1 Å². The first-order chi connectivity index (χ1) is 8.54. The topological polar surface area (TPSA) is 84.3 Å². The average molecular weight is 363 g/mol. The van der Waals surface area contributed by atoms with Gasteiger partial charge in [-0.2, -0.15) is 0 Å². The molecular formula is C11H14IN3O3. The van der Waals surface area contributed by atoms with Gasteiger partial charge in [-0.25, -0.2) is 0 Å². The number of nitrogens with one attached hydrogen (secondary N) is 2. The first-order valence-corrected chi connectivity index (χ1v) is 6.57. The Bertz CT molecular complexity index is 451. The van der Waals surface area contributed by atoms with Crippen LogP contribution in [0.25, 0.3) is 0 Å². The Morgan fingerprint density at radius 3 is 2.78 bits per heavy atom. The van der Waals surface area contributed by atoms with Gasteiger partial charge in [0.05, 0.1) is 15.0 Å². The minimum absolute atomic E-state index is 0.0663. The highest BCUT2D eigenvalue weighted by Gasteiger charge is 2.11. The van der Waals surface area contributed by atoms with Gasteiger partial charge >= 0.3 is 0 Å². The van der Waals surface area contributed by atoms with Gasteiger partial charge in [0.1, 0.15) is 0 Å². The Labute approximate surface area is 118 Å². The van der Waals surface area contributed by atoms with Gasteiger partial charge in [0.2, 0.25) is 5.91 Å². The van der Waals surface area contributed by atoms with Crippen molar-refractivity contribution >= 4 is 39.9 Å². The standard InChI is InChI=1S/C11H14IN3O3/c1-2-5-13-11(16)7-14-8-3-4-10(15(17)18)9(12)6-8/h3-4,6,14H,2,5,7H2,1H3,(H,13,16). The van der Waals surface area contributed by atoms with Crippen LogP contribution in [0.2, 0.25) is 0 Å². The lowest BCUT2D eigenvalue weighted by molar-refractivity contribution is -0.385. The Morgan fingerprint density at radius 1 is 1.50 bits per heavy atom. The maximum absolute atomic E-state index is 11.4. The van der Waals surface area contributed by atoms with Crippen molar-refractivity contribution in [3.05, 3.63) is 31.9 Å². The Hall–Kier alpha value is -1.38. The molecule has 0 bridgehead atoms. The van der Waals surface area contributed by atoms with E-state index >= 15 is 0 Å². The smallest absolute Gasteiger partial charge is 0.282 e. The fourth-order valence-corrected chi connectivity index (χ4v) is 1.99. The second kappa shape index (κ2) is 7.14. The minimum atomic E-state index is -0.431. The molecule has 0 aliphatic rings. The van der Waals surface area contributed by atoms with Gasteiger partial charge in [0, 0.05) is 18.3 Å². The molecule has 0 aliphatic heterocycles. The van der Waals surface area contributed by atoms with E-state index in [1.807, 2.05) is 29.5 Å². The number of carbonyl (C=O) groups is 1. The summed E-state index contributed by atoms with van der Waals surface area (Å²) in [5, 5.41) is 16.3. The number of amides is 1. The molecule has 0 aliphatic carbocycles. The largest absolute Gasteiger partial charge is 0.376 e. The number of nitro groups is 1. The molecule has 1 rings (SSSR count). The number of benzene rings is 1. The zero-order chi connectivity index (χ0) is 13.5. The molecule has 18 heavy (non-hydrogen) atoms. The summed E-state index contributed by atoms with van der Waals surface area (Å²) in [7, 11) is 0. The molecule has 0 aromatic heterocycles. The third-order valence-electron chi connectivity index (χ3n) is 2.17. The molecule has 0 heterocycles. The molecule has 2 N–H and O–H groups in total. The quantitative estimate of drug-likeness (QED) is 0.461. The van der Waals surface area contributed by atoms with Crippen molar-refractivity contribution in [2.24, 2.45) is 0 Å². The number of nitrogens with zero attached hydrogens (tertiary/aromatic N) is 1. The van der Waals surface area contributed by atoms with Crippen LogP contribution in [0.5, 0.6) is 0 Å². The zero-order valence-electron chi connectivity index (χ0n) is 9.90. The van der Waals surface area contributed by atoms with Gasteiger partial charge in [-0.15, -0.1) is 0 Å². The number of nitro benzene ring substituents is 1. The summed E-state index contributed by atoms with van der Waals surface area (Å²) in [6, 6.07) is 4.66. The van der Waals surface area contributed by atoms with E-state index in [1.165, 1.54) is 6.07 Å². The lowest BCUT2D eigenvalue weighted by Gasteiger charge is -2.07. The van der Waals surface area contributed by atoms with Crippen molar-refractivity contribution in [2.75, 3.05) is 18.4 Å². The van der Waals surface area contributed by atoms with Crippen LogP contribution in [0, 0.1) is 13.7 Å². The summed E-state index contributed by atoms with van der Waals surface area (Å²) in [5.41, 5.74) is 0.758. The van der Waals surface area contributed by atoms with Gasteiger partial charge in [0.15, 0.2) is 0 Å². The highest BCUT2D eigenvalue weighted by atomic mass is 127. The van der Waals surface area contributed by atoms with Crippen LogP contribution in [-0.2, 0) is 4.79 Å². The molecule has 0 fully saturated rings. The maximum Gasteiger partial charge on any atom is 0.282 e. The Morgan fingerprint density at radius 2 is 2.22 bits per heavy atom. The van der Waals surface area contributed by atoms with Crippen molar-refractivity contribution in [3.63, 3.8) is 0 Å². The van der Waals surface area contributed by atoms with Crippen LogP contribution in [0.3, 0.4) is 0 Å². The van der Waals surface area contributed by atoms with E-state index in [9.17, 15) is 14.9 Å². The summed E-state index contributed by atoms with van der Waals surface area (Å²) in [6.07, 6.45) is 0.890. The lowest BCUT2D eigenvalue weighted by atomic mass is 10.3. The minimum Gasteiger partial charge on any atom is -0.376 e. The summed E-state index contributed by atoms with van der Waals surface area (Å²) < 4.78 is 0.538. The summed E-state index contributed by atoms with van der Waals surface area (Å²) in [6.45, 7) is 2.79. The Balaban J connectivity index is 2.56. The molecule has 0 radical (unpaired) electrons.